The Bertz CT molecular complexity index is 527. The summed E-state index contributed by atoms with van der Waals surface area (Å²) in [5.41, 5.74) is 0.345. The molecule has 2 atom stereocenters. The van der Waals surface area contributed by atoms with E-state index in [4.69, 9.17) is 0 Å². The van der Waals surface area contributed by atoms with Crippen molar-refractivity contribution < 1.29 is 12.8 Å². The fourth-order valence-electron chi connectivity index (χ4n) is 2.42. The van der Waals surface area contributed by atoms with E-state index in [1.165, 1.54) is 12.3 Å². The van der Waals surface area contributed by atoms with Crippen LogP contribution in [0.5, 0.6) is 0 Å². The summed E-state index contributed by atoms with van der Waals surface area (Å²) in [4.78, 5) is 0. The van der Waals surface area contributed by atoms with E-state index < -0.39 is 15.1 Å². The summed E-state index contributed by atoms with van der Waals surface area (Å²) in [7, 11) is -3.10. The summed E-state index contributed by atoms with van der Waals surface area (Å²) in [5, 5.41) is 2.61. The second-order valence-corrected chi connectivity index (χ2v) is 7.77. The van der Waals surface area contributed by atoms with E-state index in [2.05, 4.69) is 21.2 Å². The predicted octanol–water partition coefficient (Wildman–Crippen LogP) is 2.97. The van der Waals surface area contributed by atoms with Crippen LogP contribution in [0.2, 0.25) is 0 Å². The summed E-state index contributed by atoms with van der Waals surface area (Å²) in [6.07, 6.45) is 3.48. The minimum Gasteiger partial charge on any atom is -0.378 e. The molecule has 0 heterocycles. The zero-order valence-corrected chi connectivity index (χ0v) is 12.4. The minimum atomic E-state index is -3.10. The first-order valence-electron chi connectivity index (χ1n) is 5.79. The van der Waals surface area contributed by atoms with Crippen LogP contribution in [0.3, 0.4) is 0 Å². The molecular formula is C12H15BrFNO2S. The first-order chi connectivity index (χ1) is 8.39. The second-order valence-electron chi connectivity index (χ2n) is 4.65. The molecule has 1 aromatic carbocycles. The van der Waals surface area contributed by atoms with Crippen molar-refractivity contribution in [2.75, 3.05) is 11.6 Å². The van der Waals surface area contributed by atoms with E-state index in [1.807, 2.05) is 0 Å². The van der Waals surface area contributed by atoms with Crippen LogP contribution in [-0.2, 0) is 9.84 Å². The molecule has 100 valence electrons. The van der Waals surface area contributed by atoms with Crippen LogP contribution in [0.4, 0.5) is 10.1 Å². The predicted molar refractivity (Wildman–Crippen MR) is 74.0 cm³/mol. The Hall–Kier alpha value is -0.620. The molecule has 0 saturated heterocycles. The Morgan fingerprint density at radius 3 is 2.72 bits per heavy atom. The molecule has 0 amide bonds. The fraction of sp³-hybridized carbons (Fsp3) is 0.500. The third-order valence-corrected chi connectivity index (χ3v) is 5.62. The molecule has 0 aliphatic heterocycles. The van der Waals surface area contributed by atoms with Crippen LogP contribution < -0.4 is 5.32 Å². The standard InChI is InChI=1S/C12H15BrFNO2S/c1-18(16,17)11-7-3-6-10(11)15-12-8(13)4-2-5-9(12)14/h2,4-5,10-11,15H,3,6-7H2,1H3. The minimum absolute atomic E-state index is 0.215. The van der Waals surface area contributed by atoms with Crippen molar-refractivity contribution >= 4 is 31.5 Å². The van der Waals surface area contributed by atoms with Gasteiger partial charge in [0.05, 0.1) is 10.9 Å². The molecule has 1 N–H and O–H groups in total. The van der Waals surface area contributed by atoms with E-state index in [-0.39, 0.29) is 11.9 Å². The maximum absolute atomic E-state index is 13.7. The highest BCUT2D eigenvalue weighted by Crippen LogP contribution is 2.32. The van der Waals surface area contributed by atoms with Crippen molar-refractivity contribution in [3.8, 4) is 0 Å². The van der Waals surface area contributed by atoms with E-state index >= 15 is 0 Å². The van der Waals surface area contributed by atoms with Crippen LogP contribution in [0.1, 0.15) is 19.3 Å². The van der Waals surface area contributed by atoms with Gasteiger partial charge in [-0.25, -0.2) is 12.8 Å². The lowest BCUT2D eigenvalue weighted by Gasteiger charge is -2.21. The zero-order chi connectivity index (χ0) is 13.3. The number of benzene rings is 1. The van der Waals surface area contributed by atoms with Gasteiger partial charge in [0.1, 0.15) is 5.82 Å². The van der Waals surface area contributed by atoms with Crippen molar-refractivity contribution in [2.24, 2.45) is 0 Å². The molecule has 0 spiro atoms. The van der Waals surface area contributed by atoms with Crippen LogP contribution in [0.25, 0.3) is 0 Å². The highest BCUT2D eigenvalue weighted by atomic mass is 79.9. The van der Waals surface area contributed by atoms with Gasteiger partial charge in [-0.2, -0.15) is 0 Å². The van der Waals surface area contributed by atoms with Crippen molar-refractivity contribution in [3.05, 3.63) is 28.5 Å². The average Bonchev–Trinajstić information content (AvgIpc) is 2.71. The molecule has 0 bridgehead atoms. The molecule has 1 saturated carbocycles. The van der Waals surface area contributed by atoms with Crippen molar-refractivity contribution in [1.29, 1.82) is 0 Å². The number of hydrogen-bond donors (Lipinski definition) is 1. The molecule has 0 radical (unpaired) electrons. The maximum Gasteiger partial charge on any atom is 0.152 e. The number of anilines is 1. The Morgan fingerprint density at radius 2 is 2.11 bits per heavy atom. The highest BCUT2D eigenvalue weighted by Gasteiger charge is 2.35. The van der Waals surface area contributed by atoms with E-state index in [0.717, 1.165) is 12.8 Å². The molecule has 2 unspecified atom stereocenters. The summed E-state index contributed by atoms with van der Waals surface area (Å²) in [6, 6.07) is 4.48. The van der Waals surface area contributed by atoms with Gasteiger partial charge in [0.2, 0.25) is 0 Å². The number of rotatable bonds is 3. The van der Waals surface area contributed by atoms with E-state index in [0.29, 0.717) is 16.6 Å². The van der Waals surface area contributed by atoms with Crippen LogP contribution >= 0.6 is 15.9 Å². The van der Waals surface area contributed by atoms with Gasteiger partial charge in [0.25, 0.3) is 0 Å². The number of para-hydroxylation sites is 1. The summed E-state index contributed by atoms with van der Waals surface area (Å²) >= 11 is 3.27. The van der Waals surface area contributed by atoms with Crippen molar-refractivity contribution in [3.63, 3.8) is 0 Å². The lowest BCUT2D eigenvalue weighted by molar-refractivity contribution is 0.577. The van der Waals surface area contributed by atoms with Crippen LogP contribution in [0.15, 0.2) is 22.7 Å². The van der Waals surface area contributed by atoms with E-state index in [9.17, 15) is 12.8 Å². The van der Waals surface area contributed by atoms with Gasteiger partial charge < -0.3 is 5.32 Å². The molecule has 1 aliphatic rings. The Balaban J connectivity index is 2.24. The number of nitrogens with one attached hydrogen (secondary N) is 1. The molecule has 1 fully saturated rings. The molecule has 3 nitrogen and oxygen atoms in total. The Morgan fingerprint density at radius 1 is 1.39 bits per heavy atom. The summed E-state index contributed by atoms with van der Waals surface area (Å²) in [6.45, 7) is 0. The summed E-state index contributed by atoms with van der Waals surface area (Å²) < 4.78 is 37.6. The molecule has 18 heavy (non-hydrogen) atoms. The maximum atomic E-state index is 13.7. The second kappa shape index (κ2) is 5.17. The number of sulfone groups is 1. The van der Waals surface area contributed by atoms with Gasteiger partial charge in [-0.15, -0.1) is 0 Å². The van der Waals surface area contributed by atoms with Gasteiger partial charge in [-0.1, -0.05) is 6.07 Å². The first-order valence-corrected chi connectivity index (χ1v) is 8.54. The lowest BCUT2D eigenvalue weighted by Crippen LogP contribution is -2.34. The van der Waals surface area contributed by atoms with E-state index in [1.54, 1.807) is 12.1 Å². The van der Waals surface area contributed by atoms with Gasteiger partial charge in [-0.3, -0.25) is 0 Å². The van der Waals surface area contributed by atoms with Crippen LogP contribution in [-0.4, -0.2) is 26.0 Å². The first kappa shape index (κ1) is 13.8. The SMILES string of the molecule is CS(=O)(=O)C1CCCC1Nc1c(F)cccc1Br. The molecule has 2 rings (SSSR count). The topological polar surface area (TPSA) is 46.2 Å². The van der Waals surface area contributed by atoms with Gasteiger partial charge in [0, 0.05) is 16.8 Å². The lowest BCUT2D eigenvalue weighted by atomic mass is 10.2. The zero-order valence-electron chi connectivity index (χ0n) is 9.99. The largest absolute Gasteiger partial charge is 0.378 e. The highest BCUT2D eigenvalue weighted by molar-refractivity contribution is 9.10. The average molecular weight is 336 g/mol. The summed E-state index contributed by atoms with van der Waals surface area (Å²) in [5.74, 6) is -0.372. The molecule has 1 aromatic rings. The van der Waals surface area contributed by atoms with Crippen molar-refractivity contribution in [2.45, 2.75) is 30.6 Å². The molecule has 6 heteroatoms. The fourth-order valence-corrected chi connectivity index (χ4v) is 4.28. The normalized spacial score (nSPS) is 24.2. The van der Waals surface area contributed by atoms with Gasteiger partial charge in [-0.05, 0) is 47.3 Å². The smallest absolute Gasteiger partial charge is 0.152 e. The third-order valence-electron chi connectivity index (χ3n) is 3.29. The quantitative estimate of drug-likeness (QED) is 0.923. The third kappa shape index (κ3) is 2.85. The van der Waals surface area contributed by atoms with Crippen molar-refractivity contribution in [1.82, 2.24) is 0 Å². The van der Waals surface area contributed by atoms with Crippen LogP contribution in [0, 0.1) is 5.82 Å². The molecule has 1 aliphatic carbocycles. The molecular weight excluding hydrogens is 321 g/mol. The van der Waals surface area contributed by atoms with Gasteiger partial charge >= 0.3 is 0 Å². The Labute approximate surface area is 115 Å². The van der Waals surface area contributed by atoms with Gasteiger partial charge in [0.15, 0.2) is 9.84 Å². The number of hydrogen-bond acceptors (Lipinski definition) is 3. The number of halogens is 2. The monoisotopic (exact) mass is 335 g/mol. The Kier molecular flexibility index (Phi) is 3.96. The molecule has 0 aromatic heterocycles.